The number of aliphatic hydroxyl groups excluding tert-OH is 2. The number of aliphatic hydroxyl groups is 2. The lowest BCUT2D eigenvalue weighted by Gasteiger charge is -2.22. The number of carbonyl (C=O) groups excluding carboxylic acids is 2. The Bertz CT molecular complexity index is 1130. The summed E-state index contributed by atoms with van der Waals surface area (Å²) in [5, 5.41) is 23.4. The lowest BCUT2D eigenvalue weighted by atomic mass is 10.0. The summed E-state index contributed by atoms with van der Waals surface area (Å²) in [6.07, 6.45) is 79.6. The van der Waals surface area contributed by atoms with E-state index < -0.39 is 12.1 Å². The predicted molar refractivity (Wildman–Crippen MR) is 329 cm³/mol. The monoisotopic (exact) mass is 1060 g/mol. The molecule has 0 aliphatic carbocycles. The van der Waals surface area contributed by atoms with Crippen LogP contribution < -0.4 is 5.32 Å². The Hall–Kier alpha value is -1.40. The highest BCUT2D eigenvalue weighted by Gasteiger charge is 2.20. The van der Waals surface area contributed by atoms with Crippen LogP contribution in [-0.4, -0.2) is 47.4 Å². The molecule has 2 atom stereocenters. The second kappa shape index (κ2) is 65.1. The Morgan fingerprint density at radius 1 is 0.360 bits per heavy atom. The molecule has 0 aromatic rings. The van der Waals surface area contributed by atoms with Crippen LogP contribution in [0.4, 0.5) is 0 Å². The second-order valence-electron chi connectivity index (χ2n) is 23.9. The van der Waals surface area contributed by atoms with E-state index in [2.05, 4.69) is 31.3 Å². The van der Waals surface area contributed by atoms with Gasteiger partial charge in [0.2, 0.25) is 5.91 Å². The molecule has 0 aliphatic rings. The summed E-state index contributed by atoms with van der Waals surface area (Å²) in [6.45, 7) is 4.99. The highest BCUT2D eigenvalue weighted by molar-refractivity contribution is 5.76. The molecule has 0 aromatic carbocycles. The van der Waals surface area contributed by atoms with Crippen molar-refractivity contribution in [1.29, 1.82) is 0 Å². The van der Waals surface area contributed by atoms with Gasteiger partial charge in [-0.25, -0.2) is 0 Å². The van der Waals surface area contributed by atoms with E-state index in [1.165, 1.54) is 315 Å². The molecule has 1 amide bonds. The molecule has 75 heavy (non-hydrogen) atoms. The molecule has 0 fully saturated rings. The molecular formula is C69H135NO5. The predicted octanol–water partition coefficient (Wildman–Crippen LogP) is 22.0. The average molecular weight is 1060 g/mol. The number of ether oxygens (including phenoxy) is 1. The fraction of sp³-hybridized carbons (Fsp3) is 0.942. The lowest BCUT2D eigenvalue weighted by molar-refractivity contribution is -0.143. The van der Waals surface area contributed by atoms with Gasteiger partial charge in [0, 0.05) is 12.8 Å². The van der Waals surface area contributed by atoms with Gasteiger partial charge in [0.1, 0.15) is 0 Å². The molecule has 3 N–H and O–H groups in total. The summed E-state index contributed by atoms with van der Waals surface area (Å²) in [7, 11) is 0. The summed E-state index contributed by atoms with van der Waals surface area (Å²) >= 11 is 0. The Kier molecular flexibility index (Phi) is 63.9. The maximum atomic E-state index is 12.5. The standard InChI is InChI=1S/C69H135NO5/c1-3-5-7-9-11-13-15-17-19-29-33-37-41-45-49-53-57-61-67(72)66(65-71)70-68(73)62-58-54-50-46-42-38-34-31-27-25-23-21-22-24-26-28-32-36-40-44-48-52-56-60-64-75-69(74)63-59-55-51-47-43-39-35-30-20-18-16-14-12-10-8-6-4-2/h18,20,66-67,71-72H,3-17,19,21-65H2,1-2H3,(H,70,73)/b20-18-. The largest absolute Gasteiger partial charge is 0.466 e. The molecule has 0 rings (SSSR count). The molecule has 0 heterocycles. The van der Waals surface area contributed by atoms with Crippen LogP contribution in [0.2, 0.25) is 0 Å². The summed E-state index contributed by atoms with van der Waals surface area (Å²) in [5.74, 6) is -0.0168. The van der Waals surface area contributed by atoms with Crippen molar-refractivity contribution < 1.29 is 24.5 Å². The minimum Gasteiger partial charge on any atom is -0.466 e. The van der Waals surface area contributed by atoms with Crippen molar-refractivity contribution in [2.24, 2.45) is 0 Å². The highest BCUT2D eigenvalue weighted by atomic mass is 16.5. The van der Waals surface area contributed by atoms with Crippen molar-refractivity contribution >= 4 is 11.9 Å². The Labute approximate surface area is 469 Å². The van der Waals surface area contributed by atoms with E-state index in [9.17, 15) is 19.8 Å². The van der Waals surface area contributed by atoms with Crippen LogP contribution in [-0.2, 0) is 14.3 Å². The third-order valence-electron chi connectivity index (χ3n) is 16.3. The Morgan fingerprint density at radius 3 is 0.947 bits per heavy atom. The normalized spacial score (nSPS) is 12.5. The van der Waals surface area contributed by atoms with Gasteiger partial charge in [-0.3, -0.25) is 9.59 Å². The van der Waals surface area contributed by atoms with Crippen LogP contribution in [0.5, 0.6) is 0 Å². The first-order valence-electron chi connectivity index (χ1n) is 34.4. The number of unbranched alkanes of at least 4 members (excludes halogenated alkanes) is 52. The van der Waals surface area contributed by atoms with Gasteiger partial charge in [0.25, 0.3) is 0 Å². The maximum Gasteiger partial charge on any atom is 0.305 e. The van der Waals surface area contributed by atoms with Crippen LogP contribution >= 0.6 is 0 Å². The van der Waals surface area contributed by atoms with Crippen LogP contribution in [0.25, 0.3) is 0 Å². The smallest absolute Gasteiger partial charge is 0.305 e. The SMILES string of the molecule is CCCCCCCC/C=C\CCCCCCCCCC(=O)OCCCCCCCCCCCCCCCCCCCCCCCCCCC(=O)NC(CO)C(O)CCCCCCCCCCCCCCCCCCC. The van der Waals surface area contributed by atoms with Gasteiger partial charge in [-0.05, 0) is 51.4 Å². The van der Waals surface area contributed by atoms with Crippen molar-refractivity contribution in [1.82, 2.24) is 5.32 Å². The van der Waals surface area contributed by atoms with E-state index >= 15 is 0 Å². The fourth-order valence-electron chi connectivity index (χ4n) is 11.1. The van der Waals surface area contributed by atoms with Crippen LogP contribution in [0.3, 0.4) is 0 Å². The number of carbonyl (C=O) groups is 2. The minimum absolute atomic E-state index is 0.0132. The quantitative estimate of drug-likeness (QED) is 0.0320. The molecule has 2 unspecified atom stereocenters. The third-order valence-corrected chi connectivity index (χ3v) is 16.3. The molecule has 0 bridgehead atoms. The lowest BCUT2D eigenvalue weighted by Crippen LogP contribution is -2.45. The zero-order chi connectivity index (χ0) is 54.3. The molecule has 6 heteroatoms. The summed E-state index contributed by atoms with van der Waals surface area (Å²) in [6, 6.07) is -0.540. The topological polar surface area (TPSA) is 95.9 Å². The molecule has 6 nitrogen and oxygen atoms in total. The van der Waals surface area contributed by atoms with E-state index in [0.29, 0.717) is 25.9 Å². The van der Waals surface area contributed by atoms with Crippen molar-refractivity contribution in [3.63, 3.8) is 0 Å². The minimum atomic E-state index is -0.663. The van der Waals surface area contributed by atoms with Gasteiger partial charge >= 0.3 is 5.97 Å². The summed E-state index contributed by atoms with van der Waals surface area (Å²) in [5.41, 5.74) is 0. The van der Waals surface area contributed by atoms with Gasteiger partial charge in [-0.15, -0.1) is 0 Å². The fourth-order valence-corrected chi connectivity index (χ4v) is 11.1. The first-order chi connectivity index (χ1) is 37.0. The number of hydrogen-bond donors (Lipinski definition) is 3. The molecule has 0 aromatic heterocycles. The van der Waals surface area contributed by atoms with Crippen LogP contribution in [0.1, 0.15) is 393 Å². The summed E-state index contributed by atoms with van der Waals surface area (Å²) in [4.78, 5) is 24.6. The van der Waals surface area contributed by atoms with Gasteiger partial charge in [-0.2, -0.15) is 0 Å². The first-order valence-corrected chi connectivity index (χ1v) is 34.4. The number of esters is 1. The molecule has 0 aliphatic heterocycles. The zero-order valence-electron chi connectivity index (χ0n) is 51.1. The molecule has 446 valence electrons. The molecule has 0 saturated heterocycles. The zero-order valence-corrected chi connectivity index (χ0v) is 51.1. The number of nitrogens with one attached hydrogen (secondary N) is 1. The second-order valence-corrected chi connectivity index (χ2v) is 23.9. The molecule has 0 radical (unpaired) electrons. The summed E-state index contributed by atoms with van der Waals surface area (Å²) < 4.78 is 5.50. The Balaban J connectivity index is 3.35. The van der Waals surface area contributed by atoms with E-state index in [1.54, 1.807) is 0 Å². The van der Waals surface area contributed by atoms with Gasteiger partial charge < -0.3 is 20.3 Å². The molecular weight excluding hydrogens is 923 g/mol. The number of amides is 1. The average Bonchev–Trinajstić information content (AvgIpc) is 3.41. The molecule has 0 spiro atoms. The van der Waals surface area contributed by atoms with Crippen LogP contribution in [0.15, 0.2) is 12.2 Å². The van der Waals surface area contributed by atoms with E-state index in [4.69, 9.17) is 4.74 Å². The number of hydrogen-bond acceptors (Lipinski definition) is 5. The first kappa shape index (κ1) is 73.6. The highest BCUT2D eigenvalue weighted by Crippen LogP contribution is 2.19. The van der Waals surface area contributed by atoms with E-state index in [0.717, 1.165) is 44.9 Å². The van der Waals surface area contributed by atoms with Gasteiger partial charge in [0.15, 0.2) is 0 Å². The van der Waals surface area contributed by atoms with E-state index in [-0.39, 0.29) is 18.5 Å². The number of rotatable bonds is 65. The van der Waals surface area contributed by atoms with Crippen molar-refractivity contribution in [2.45, 2.75) is 405 Å². The number of allylic oxidation sites excluding steroid dienone is 2. The van der Waals surface area contributed by atoms with Crippen molar-refractivity contribution in [2.75, 3.05) is 13.2 Å². The van der Waals surface area contributed by atoms with Gasteiger partial charge in [0.05, 0.1) is 25.4 Å². The van der Waals surface area contributed by atoms with Crippen molar-refractivity contribution in [3.8, 4) is 0 Å². The van der Waals surface area contributed by atoms with Gasteiger partial charge in [-0.1, -0.05) is 341 Å². The van der Waals surface area contributed by atoms with Crippen molar-refractivity contribution in [3.05, 3.63) is 12.2 Å². The third kappa shape index (κ3) is 61.7. The van der Waals surface area contributed by atoms with Crippen LogP contribution in [0, 0.1) is 0 Å². The van der Waals surface area contributed by atoms with E-state index in [1.807, 2.05) is 0 Å². The molecule has 0 saturated carbocycles. The maximum absolute atomic E-state index is 12.5. The Morgan fingerprint density at radius 2 is 0.627 bits per heavy atom.